The van der Waals surface area contributed by atoms with Crippen molar-refractivity contribution in [2.45, 2.75) is 6.04 Å². The first-order valence-corrected chi connectivity index (χ1v) is 6.59. The summed E-state index contributed by atoms with van der Waals surface area (Å²) in [4.78, 5) is 0. The van der Waals surface area contributed by atoms with E-state index >= 15 is 0 Å². The largest absolute Gasteiger partial charge is 0.378 e. The van der Waals surface area contributed by atoms with Crippen molar-refractivity contribution in [1.82, 2.24) is 15.5 Å². The second-order valence-electron chi connectivity index (χ2n) is 4.49. The van der Waals surface area contributed by atoms with Gasteiger partial charge in [-0.15, -0.1) is 0 Å². The molecular weight excluding hydrogens is 262 g/mol. The van der Waals surface area contributed by atoms with E-state index in [2.05, 4.69) is 21.6 Å². The Balaban J connectivity index is 1.96. The van der Waals surface area contributed by atoms with Crippen LogP contribution in [-0.4, -0.2) is 30.0 Å². The van der Waals surface area contributed by atoms with Crippen LogP contribution in [0.25, 0.3) is 11.1 Å². The van der Waals surface area contributed by atoms with Crippen LogP contribution in [0.3, 0.4) is 0 Å². The topological polar surface area (TPSA) is 47.0 Å². The lowest BCUT2D eigenvalue weighted by molar-refractivity contribution is 0.0769. The maximum Gasteiger partial charge on any atom is 0.0662 e. The summed E-state index contributed by atoms with van der Waals surface area (Å²) in [6, 6.07) is 8.15. The molecule has 0 bridgehead atoms. The van der Waals surface area contributed by atoms with E-state index in [0.29, 0.717) is 6.61 Å². The molecule has 0 spiro atoms. The van der Waals surface area contributed by atoms with Crippen molar-refractivity contribution in [3.63, 3.8) is 0 Å². The van der Waals surface area contributed by atoms with Crippen LogP contribution in [0.1, 0.15) is 11.6 Å². The molecule has 1 aromatic carbocycles. The number of halogens is 1. The van der Waals surface area contributed by atoms with Gasteiger partial charge in [0.15, 0.2) is 0 Å². The van der Waals surface area contributed by atoms with Crippen molar-refractivity contribution in [1.29, 1.82) is 0 Å². The molecule has 0 saturated carbocycles. The fourth-order valence-electron chi connectivity index (χ4n) is 2.22. The lowest BCUT2D eigenvalue weighted by atomic mass is 10.0. The molecule has 1 atom stereocenters. The van der Waals surface area contributed by atoms with Crippen LogP contribution >= 0.6 is 11.6 Å². The molecule has 1 fully saturated rings. The quantitative estimate of drug-likeness (QED) is 0.915. The van der Waals surface area contributed by atoms with Gasteiger partial charge >= 0.3 is 0 Å². The van der Waals surface area contributed by atoms with Crippen molar-refractivity contribution >= 4 is 11.6 Å². The van der Waals surface area contributed by atoms with E-state index in [-0.39, 0.29) is 6.04 Å². The van der Waals surface area contributed by atoms with Gasteiger partial charge in [0.1, 0.15) is 0 Å². The minimum Gasteiger partial charge on any atom is -0.378 e. The molecule has 1 saturated heterocycles. The van der Waals surface area contributed by atoms with Crippen molar-refractivity contribution in [2.75, 3.05) is 19.8 Å². The predicted molar refractivity (Wildman–Crippen MR) is 74.0 cm³/mol. The fourth-order valence-corrected chi connectivity index (χ4v) is 2.46. The molecule has 1 N–H and O–H groups in total. The molecule has 1 aliphatic heterocycles. The molecule has 98 valence electrons. The van der Waals surface area contributed by atoms with Gasteiger partial charge in [-0.3, -0.25) is 0 Å². The zero-order valence-electron chi connectivity index (χ0n) is 10.3. The maximum atomic E-state index is 6.21. The monoisotopic (exact) mass is 275 g/mol. The van der Waals surface area contributed by atoms with Gasteiger partial charge in [-0.2, -0.15) is 10.2 Å². The lowest BCUT2D eigenvalue weighted by Gasteiger charge is -2.24. The zero-order chi connectivity index (χ0) is 13.1. The molecule has 0 aliphatic carbocycles. The molecule has 3 rings (SSSR count). The van der Waals surface area contributed by atoms with Crippen molar-refractivity contribution < 1.29 is 4.74 Å². The van der Waals surface area contributed by atoms with Crippen LogP contribution in [0.15, 0.2) is 36.7 Å². The number of rotatable bonds is 2. The summed E-state index contributed by atoms with van der Waals surface area (Å²) in [6.45, 7) is 2.30. The molecule has 1 aromatic heterocycles. The molecule has 2 heterocycles. The molecule has 19 heavy (non-hydrogen) atoms. The van der Waals surface area contributed by atoms with Gasteiger partial charge in [0.05, 0.1) is 31.6 Å². The molecule has 5 heteroatoms. The molecular formula is C14H14ClN3O. The number of morpholine rings is 1. The van der Waals surface area contributed by atoms with Crippen molar-refractivity contribution in [2.24, 2.45) is 0 Å². The van der Waals surface area contributed by atoms with E-state index in [9.17, 15) is 0 Å². The van der Waals surface area contributed by atoms with Crippen molar-refractivity contribution in [3.05, 3.63) is 47.2 Å². The number of nitrogens with zero attached hydrogens (tertiary/aromatic N) is 2. The Kier molecular flexibility index (Phi) is 3.73. The fraction of sp³-hybridized carbons (Fsp3) is 0.286. The van der Waals surface area contributed by atoms with Gasteiger partial charge in [0.25, 0.3) is 0 Å². The third-order valence-corrected chi connectivity index (χ3v) is 3.38. The number of nitrogens with one attached hydrogen (secondary N) is 1. The Bertz CT molecular complexity index is 556. The highest BCUT2D eigenvalue weighted by molar-refractivity contribution is 6.31. The first kappa shape index (κ1) is 12.5. The van der Waals surface area contributed by atoms with Crippen LogP contribution in [0.4, 0.5) is 0 Å². The second-order valence-corrected chi connectivity index (χ2v) is 4.92. The smallest absolute Gasteiger partial charge is 0.0662 e. The summed E-state index contributed by atoms with van der Waals surface area (Å²) in [7, 11) is 0. The Morgan fingerprint density at radius 2 is 2.16 bits per heavy atom. The Labute approximate surface area is 116 Å². The van der Waals surface area contributed by atoms with E-state index in [1.807, 2.05) is 18.2 Å². The number of hydrogen-bond donors (Lipinski definition) is 1. The highest BCUT2D eigenvalue weighted by Gasteiger charge is 2.16. The highest BCUT2D eigenvalue weighted by atomic mass is 35.5. The highest BCUT2D eigenvalue weighted by Crippen LogP contribution is 2.27. The minimum absolute atomic E-state index is 0.195. The summed E-state index contributed by atoms with van der Waals surface area (Å²) < 4.78 is 5.49. The van der Waals surface area contributed by atoms with Crippen LogP contribution in [-0.2, 0) is 4.74 Å². The molecule has 1 unspecified atom stereocenters. The van der Waals surface area contributed by atoms with E-state index < -0.39 is 0 Å². The van der Waals surface area contributed by atoms with Gasteiger partial charge in [-0.1, -0.05) is 11.6 Å². The average Bonchev–Trinajstić information content (AvgIpc) is 2.48. The van der Waals surface area contributed by atoms with Gasteiger partial charge in [-0.25, -0.2) is 0 Å². The minimum atomic E-state index is 0.195. The Hall–Kier alpha value is -1.49. The molecule has 0 amide bonds. The first-order valence-electron chi connectivity index (χ1n) is 6.21. The lowest BCUT2D eigenvalue weighted by Crippen LogP contribution is -2.34. The molecule has 2 aromatic rings. The van der Waals surface area contributed by atoms with Gasteiger partial charge in [-0.05, 0) is 35.4 Å². The SMILES string of the molecule is Clc1cc(-c2ccnnc2)cc(C2COCCN2)c1. The zero-order valence-corrected chi connectivity index (χ0v) is 11.1. The van der Waals surface area contributed by atoms with Gasteiger partial charge in [0, 0.05) is 17.1 Å². The average molecular weight is 276 g/mol. The van der Waals surface area contributed by atoms with E-state index in [4.69, 9.17) is 16.3 Å². The second kappa shape index (κ2) is 5.65. The van der Waals surface area contributed by atoms with Gasteiger partial charge in [0.2, 0.25) is 0 Å². The summed E-state index contributed by atoms with van der Waals surface area (Å²) >= 11 is 6.21. The van der Waals surface area contributed by atoms with Gasteiger partial charge < -0.3 is 10.1 Å². The summed E-state index contributed by atoms with van der Waals surface area (Å²) in [6.07, 6.45) is 3.41. The standard InChI is InChI=1S/C14H14ClN3O/c15-13-6-11(10-1-2-17-18-8-10)5-12(7-13)14-9-19-4-3-16-14/h1-2,5-8,14,16H,3-4,9H2. The number of benzene rings is 1. The maximum absolute atomic E-state index is 6.21. The Morgan fingerprint density at radius 1 is 1.21 bits per heavy atom. The normalized spacial score (nSPS) is 19.3. The number of aromatic nitrogens is 2. The van der Waals surface area contributed by atoms with Crippen molar-refractivity contribution in [3.8, 4) is 11.1 Å². The van der Waals surface area contributed by atoms with Crippen LogP contribution in [0.2, 0.25) is 5.02 Å². The Morgan fingerprint density at radius 3 is 2.89 bits per heavy atom. The molecule has 1 aliphatic rings. The number of ether oxygens (including phenoxy) is 1. The van der Waals surface area contributed by atoms with E-state index in [1.165, 1.54) is 0 Å². The van der Waals surface area contributed by atoms with Crippen LogP contribution in [0.5, 0.6) is 0 Å². The summed E-state index contributed by atoms with van der Waals surface area (Å²) in [5.74, 6) is 0. The molecule has 4 nitrogen and oxygen atoms in total. The third kappa shape index (κ3) is 2.92. The number of hydrogen-bond acceptors (Lipinski definition) is 4. The van der Waals surface area contributed by atoms with Crippen LogP contribution in [0, 0.1) is 0 Å². The summed E-state index contributed by atoms with van der Waals surface area (Å²) in [5.41, 5.74) is 3.19. The third-order valence-electron chi connectivity index (χ3n) is 3.16. The molecule has 0 radical (unpaired) electrons. The predicted octanol–water partition coefficient (Wildman–Crippen LogP) is 2.46. The first-order chi connectivity index (χ1) is 9.33. The van der Waals surface area contributed by atoms with Crippen LogP contribution < -0.4 is 5.32 Å². The summed E-state index contributed by atoms with van der Waals surface area (Å²) in [5, 5.41) is 11.8. The van der Waals surface area contributed by atoms with E-state index in [1.54, 1.807) is 12.4 Å². The van der Waals surface area contributed by atoms with E-state index in [0.717, 1.165) is 34.9 Å².